The van der Waals surface area contributed by atoms with Gasteiger partial charge in [0.1, 0.15) is 25.0 Å². The van der Waals surface area contributed by atoms with Crippen molar-refractivity contribution < 1.29 is 43.3 Å². The molecular weight excluding hydrogens is 831 g/mol. The molecule has 0 bridgehead atoms. The van der Waals surface area contributed by atoms with Crippen LogP contribution in [0.3, 0.4) is 0 Å². The van der Waals surface area contributed by atoms with Crippen LogP contribution in [-0.2, 0) is 48.2 Å². The fourth-order valence-corrected chi connectivity index (χ4v) is 7.69. The van der Waals surface area contributed by atoms with Crippen LogP contribution >= 0.6 is 0 Å². The van der Waals surface area contributed by atoms with Crippen LogP contribution in [0.2, 0.25) is 0 Å². The van der Waals surface area contributed by atoms with Crippen LogP contribution in [0.25, 0.3) is 0 Å². The molecule has 16 nitrogen and oxygen atoms in total. The van der Waals surface area contributed by atoms with E-state index in [1.165, 1.54) is 4.90 Å². The highest BCUT2D eigenvalue weighted by atomic mass is 16.6. The Kier molecular flexibility index (Phi) is 19.5. The Morgan fingerprint density at radius 1 is 0.785 bits per heavy atom. The molecule has 3 aromatic rings. The van der Waals surface area contributed by atoms with Gasteiger partial charge in [-0.2, -0.15) is 0 Å². The van der Waals surface area contributed by atoms with Gasteiger partial charge in [0.2, 0.25) is 17.7 Å². The number of carbonyl (C=O) groups excluding carboxylic acids is 5. The molecule has 0 fully saturated rings. The van der Waals surface area contributed by atoms with Crippen molar-refractivity contribution in [2.45, 2.75) is 123 Å². The van der Waals surface area contributed by atoms with Gasteiger partial charge in [-0.25, -0.2) is 14.5 Å². The second kappa shape index (κ2) is 24.5. The second-order valence-electron chi connectivity index (χ2n) is 18.3. The van der Waals surface area contributed by atoms with Gasteiger partial charge in [0, 0.05) is 24.2 Å². The van der Waals surface area contributed by atoms with Crippen molar-refractivity contribution in [3.05, 3.63) is 120 Å². The summed E-state index contributed by atoms with van der Waals surface area (Å²) in [4.78, 5) is 74.1. The van der Waals surface area contributed by atoms with Crippen LogP contribution in [-0.4, -0.2) is 99.0 Å². The smallest absolute Gasteiger partial charge is 0.417 e. The van der Waals surface area contributed by atoms with Gasteiger partial charge >= 0.3 is 12.2 Å². The number of nitrogens with one attached hydrogen (secondary N) is 1. The zero-order chi connectivity index (χ0) is 47.8. The quantitative estimate of drug-likeness (QED) is 0.0857. The topological polar surface area (TPSA) is 233 Å². The lowest BCUT2D eigenvalue weighted by atomic mass is 9.77. The molecule has 1 heterocycles. The van der Waals surface area contributed by atoms with Crippen molar-refractivity contribution in [1.29, 1.82) is 0 Å². The maximum absolute atomic E-state index is 15.1. The largest absolute Gasteiger partial charge is 0.445 e. The predicted molar refractivity (Wildman–Crippen MR) is 246 cm³/mol. The first-order valence-electron chi connectivity index (χ1n) is 22.2. The molecule has 4 rings (SSSR count). The molecular formula is C49H69N7O9. The lowest BCUT2D eigenvalue weighted by Crippen LogP contribution is -2.64. The number of carbonyl (C=O) groups is 5. The monoisotopic (exact) mass is 900 g/mol. The molecule has 0 aliphatic carbocycles. The van der Waals surface area contributed by atoms with E-state index in [9.17, 15) is 24.3 Å². The molecule has 65 heavy (non-hydrogen) atoms. The standard InChI is InChI=1S/C49H69N7O9/c1-32(2)23-24-40(57)43(41(33(3)4)42(44(52)58)53-47(61)64-29-36-21-15-10-16-22-36)56(48(62)65-49(5,6)7)46(60)39(51)26-37-27-54(45(59)38(50)25-34-17-11-8-12-18-34)30-55(37)31-63-28-35-19-13-9-14-20-35/h8-22,27,32-33,38-43,57H,23-26,28-31,50-51H2,1-7H3,(H2,52,58)(H,53,61)/t38-,39-,40?,41-,42-,43?/m0/s1. The van der Waals surface area contributed by atoms with E-state index in [4.69, 9.17) is 31.4 Å². The number of aliphatic hydroxyl groups is 1. The Hall–Kier alpha value is -5.81. The van der Waals surface area contributed by atoms with E-state index in [0.717, 1.165) is 16.0 Å². The van der Waals surface area contributed by atoms with Crippen LogP contribution in [0.5, 0.6) is 0 Å². The Labute approximate surface area is 383 Å². The number of hydrogen-bond donors (Lipinski definition) is 5. The summed E-state index contributed by atoms with van der Waals surface area (Å²) < 4.78 is 17.4. The number of amides is 5. The lowest BCUT2D eigenvalue weighted by molar-refractivity contribution is -0.141. The summed E-state index contributed by atoms with van der Waals surface area (Å²) in [5, 5.41) is 14.8. The molecule has 0 aromatic heterocycles. The fourth-order valence-electron chi connectivity index (χ4n) is 7.69. The SMILES string of the molecule is CC(C)CCC(O)C([C@@H](C(C)C)[C@H](NC(=O)OCc1ccccc1)C(N)=O)N(C(=O)OC(C)(C)C)C(=O)[C@@H](N)CC1=CN(C(=O)[C@@H](N)Cc2ccccc2)CN1COCc1ccccc1. The van der Waals surface area contributed by atoms with E-state index < -0.39 is 71.7 Å². The average molecular weight is 900 g/mol. The third kappa shape index (κ3) is 16.0. The number of aliphatic hydroxyl groups excluding tert-OH is 1. The van der Waals surface area contributed by atoms with Gasteiger partial charge in [-0.15, -0.1) is 0 Å². The highest BCUT2D eigenvalue weighted by molar-refractivity contribution is 5.96. The third-order valence-corrected chi connectivity index (χ3v) is 10.9. The van der Waals surface area contributed by atoms with Gasteiger partial charge in [-0.3, -0.25) is 19.3 Å². The normalized spacial score (nSPS) is 15.7. The number of nitrogens with zero attached hydrogens (tertiary/aromatic N) is 3. The first kappa shape index (κ1) is 51.8. The molecule has 16 heteroatoms. The molecule has 354 valence electrons. The minimum absolute atomic E-state index is 0.00736. The molecule has 0 saturated heterocycles. The van der Waals surface area contributed by atoms with Crippen LogP contribution < -0.4 is 22.5 Å². The van der Waals surface area contributed by atoms with Gasteiger partial charge in [0.25, 0.3) is 0 Å². The number of rotatable bonds is 22. The van der Waals surface area contributed by atoms with Gasteiger partial charge in [-0.1, -0.05) is 119 Å². The molecule has 0 saturated carbocycles. The molecule has 1 aliphatic heterocycles. The van der Waals surface area contributed by atoms with Gasteiger partial charge in [0.05, 0.1) is 37.5 Å². The Bertz CT molecular complexity index is 2030. The molecule has 6 atom stereocenters. The minimum atomic E-state index is -1.54. The number of benzene rings is 3. The number of imide groups is 1. The average Bonchev–Trinajstić information content (AvgIpc) is 3.65. The third-order valence-electron chi connectivity index (χ3n) is 10.9. The minimum Gasteiger partial charge on any atom is -0.445 e. The van der Waals surface area contributed by atoms with Crippen LogP contribution in [0.15, 0.2) is 103 Å². The molecule has 8 N–H and O–H groups in total. The van der Waals surface area contributed by atoms with E-state index in [0.29, 0.717) is 17.7 Å². The number of nitrogens with two attached hydrogens (primary N) is 3. The summed E-state index contributed by atoms with van der Waals surface area (Å²) in [5.74, 6) is -3.96. The zero-order valence-corrected chi connectivity index (χ0v) is 38.8. The van der Waals surface area contributed by atoms with Gasteiger partial charge < -0.3 is 46.7 Å². The summed E-state index contributed by atoms with van der Waals surface area (Å²) in [6, 6.07) is 22.4. The Morgan fingerprint density at radius 2 is 1.34 bits per heavy atom. The molecule has 0 spiro atoms. The maximum Gasteiger partial charge on any atom is 0.417 e. The highest BCUT2D eigenvalue weighted by Crippen LogP contribution is 2.32. The first-order valence-corrected chi connectivity index (χ1v) is 22.2. The summed E-state index contributed by atoms with van der Waals surface area (Å²) in [6.07, 6.45) is -1.31. The summed E-state index contributed by atoms with van der Waals surface area (Å²) >= 11 is 0. The predicted octanol–water partition coefficient (Wildman–Crippen LogP) is 5.37. The number of hydrogen-bond acceptors (Lipinski definition) is 12. The first-order chi connectivity index (χ1) is 30.7. The highest BCUT2D eigenvalue weighted by Gasteiger charge is 2.49. The second-order valence-corrected chi connectivity index (χ2v) is 18.3. The maximum atomic E-state index is 15.1. The molecule has 2 unspecified atom stereocenters. The molecule has 0 radical (unpaired) electrons. The fraction of sp³-hybridized carbons (Fsp3) is 0.490. The lowest BCUT2D eigenvalue weighted by Gasteiger charge is -2.43. The molecule has 1 aliphatic rings. The number of ether oxygens (including phenoxy) is 3. The van der Waals surface area contributed by atoms with Gasteiger partial charge in [0.15, 0.2) is 0 Å². The Balaban J connectivity index is 1.72. The van der Waals surface area contributed by atoms with Crippen molar-refractivity contribution in [2.24, 2.45) is 35.0 Å². The number of primary amides is 1. The van der Waals surface area contributed by atoms with Crippen LogP contribution in [0.4, 0.5) is 9.59 Å². The number of alkyl carbamates (subject to hydrolysis) is 1. The van der Waals surface area contributed by atoms with Crippen LogP contribution in [0, 0.1) is 17.8 Å². The molecule has 5 amide bonds. The van der Waals surface area contributed by atoms with Crippen molar-refractivity contribution in [1.82, 2.24) is 20.0 Å². The van der Waals surface area contributed by atoms with E-state index in [2.05, 4.69) is 5.32 Å². The Morgan fingerprint density at radius 3 is 1.86 bits per heavy atom. The van der Waals surface area contributed by atoms with Crippen molar-refractivity contribution in [3.63, 3.8) is 0 Å². The van der Waals surface area contributed by atoms with Crippen molar-refractivity contribution in [3.8, 4) is 0 Å². The summed E-state index contributed by atoms with van der Waals surface area (Å²) in [5.41, 5.74) is 21.1. The molecule has 3 aromatic carbocycles. The van der Waals surface area contributed by atoms with Crippen molar-refractivity contribution >= 4 is 29.9 Å². The zero-order valence-electron chi connectivity index (χ0n) is 38.8. The van der Waals surface area contributed by atoms with Crippen LogP contribution in [0.1, 0.15) is 84.4 Å². The summed E-state index contributed by atoms with van der Waals surface area (Å²) in [7, 11) is 0. The van der Waals surface area contributed by atoms with E-state index in [1.54, 1.807) is 70.0 Å². The van der Waals surface area contributed by atoms with E-state index in [-0.39, 0.29) is 57.7 Å². The summed E-state index contributed by atoms with van der Waals surface area (Å²) in [6.45, 7) is 12.4. The van der Waals surface area contributed by atoms with Gasteiger partial charge in [-0.05, 0) is 68.6 Å². The van der Waals surface area contributed by atoms with E-state index >= 15 is 4.79 Å². The van der Waals surface area contributed by atoms with E-state index in [1.807, 2.05) is 80.6 Å². The van der Waals surface area contributed by atoms with Crippen molar-refractivity contribution in [2.75, 3.05) is 13.4 Å².